The van der Waals surface area contributed by atoms with E-state index in [1.807, 2.05) is 26.0 Å². The van der Waals surface area contributed by atoms with E-state index in [1.54, 1.807) is 6.20 Å². The van der Waals surface area contributed by atoms with Crippen LogP contribution in [0.15, 0.2) is 41.5 Å². The lowest BCUT2D eigenvalue weighted by Crippen LogP contribution is -2.37. The van der Waals surface area contributed by atoms with Crippen molar-refractivity contribution in [3.8, 4) is 5.88 Å². The minimum absolute atomic E-state index is 0.136. The minimum atomic E-state index is -0.471. The number of guanidine groups is 1. The lowest BCUT2D eigenvalue weighted by molar-refractivity contribution is 0.305. The summed E-state index contributed by atoms with van der Waals surface area (Å²) in [5.74, 6) is 0.178. The van der Waals surface area contributed by atoms with Crippen LogP contribution in [-0.4, -0.2) is 24.1 Å². The van der Waals surface area contributed by atoms with Gasteiger partial charge in [-0.25, -0.2) is 18.8 Å². The highest BCUT2D eigenvalue weighted by Gasteiger charge is 2.05. The lowest BCUT2D eigenvalue weighted by atomic mass is 10.2. The molecule has 1 aromatic carbocycles. The number of aliphatic imine (C=N–C) groups is 1. The summed E-state index contributed by atoms with van der Waals surface area (Å²) in [6.07, 6.45) is 2.64. The number of nitrogens with zero attached hydrogens (tertiary/aromatic N) is 2. The molecule has 0 atom stereocenters. The number of hydrogen-bond acceptors (Lipinski definition) is 3. The zero-order valence-electron chi connectivity index (χ0n) is 15.1. The average Bonchev–Trinajstić information content (AvgIpc) is 2.65. The standard InChI is InChI=1S/C19H24F2N4O/c1-3-9-26-18-8-5-14(11-23-18)12-24-19(22-4-2)25-13-15-10-16(20)6-7-17(15)21/h5-8,10-11H,3-4,9,12-13H2,1-2H3,(H2,22,24,25). The number of benzene rings is 1. The van der Waals surface area contributed by atoms with Crippen LogP contribution in [0, 0.1) is 11.6 Å². The molecule has 140 valence electrons. The van der Waals surface area contributed by atoms with Gasteiger partial charge >= 0.3 is 0 Å². The molecule has 2 N–H and O–H groups in total. The first-order chi connectivity index (χ1) is 12.6. The third-order valence-corrected chi connectivity index (χ3v) is 3.47. The molecule has 0 saturated carbocycles. The number of halogens is 2. The van der Waals surface area contributed by atoms with Crippen LogP contribution in [0.5, 0.6) is 5.88 Å². The molecule has 0 unspecified atom stereocenters. The van der Waals surface area contributed by atoms with E-state index in [2.05, 4.69) is 20.6 Å². The quantitative estimate of drug-likeness (QED) is 0.558. The van der Waals surface area contributed by atoms with Crippen LogP contribution in [0.3, 0.4) is 0 Å². The van der Waals surface area contributed by atoms with Crippen molar-refractivity contribution in [2.24, 2.45) is 4.99 Å². The molecule has 0 fully saturated rings. The molecular weight excluding hydrogens is 338 g/mol. The normalized spacial score (nSPS) is 11.3. The fraction of sp³-hybridized carbons (Fsp3) is 0.368. The summed E-state index contributed by atoms with van der Waals surface area (Å²) < 4.78 is 32.4. The summed E-state index contributed by atoms with van der Waals surface area (Å²) in [6, 6.07) is 7.09. The second kappa shape index (κ2) is 10.3. The maximum Gasteiger partial charge on any atom is 0.213 e. The summed E-state index contributed by atoms with van der Waals surface area (Å²) in [4.78, 5) is 8.67. The van der Waals surface area contributed by atoms with Gasteiger partial charge in [0.25, 0.3) is 0 Å². The first kappa shape index (κ1) is 19.6. The predicted molar refractivity (Wildman–Crippen MR) is 98.0 cm³/mol. The van der Waals surface area contributed by atoms with Crippen LogP contribution in [0.25, 0.3) is 0 Å². The zero-order chi connectivity index (χ0) is 18.8. The highest BCUT2D eigenvalue weighted by molar-refractivity contribution is 5.79. The monoisotopic (exact) mass is 362 g/mol. The molecular formula is C19H24F2N4O. The molecule has 26 heavy (non-hydrogen) atoms. The summed E-state index contributed by atoms with van der Waals surface area (Å²) in [6.45, 7) is 5.80. The van der Waals surface area contributed by atoms with Crippen molar-refractivity contribution < 1.29 is 13.5 Å². The average molecular weight is 362 g/mol. The van der Waals surface area contributed by atoms with E-state index in [1.165, 1.54) is 6.07 Å². The topological polar surface area (TPSA) is 58.5 Å². The van der Waals surface area contributed by atoms with E-state index in [4.69, 9.17) is 4.74 Å². The van der Waals surface area contributed by atoms with Crippen molar-refractivity contribution in [2.45, 2.75) is 33.4 Å². The second-order valence-electron chi connectivity index (χ2n) is 5.64. The Labute approximate surface area is 152 Å². The SMILES string of the molecule is CCCOc1ccc(CN=C(NCC)NCc2cc(F)ccc2F)cn1. The van der Waals surface area contributed by atoms with Crippen molar-refractivity contribution >= 4 is 5.96 Å². The largest absolute Gasteiger partial charge is 0.478 e. The van der Waals surface area contributed by atoms with Gasteiger partial charge in [0, 0.05) is 30.9 Å². The van der Waals surface area contributed by atoms with Crippen LogP contribution < -0.4 is 15.4 Å². The minimum Gasteiger partial charge on any atom is -0.478 e. The highest BCUT2D eigenvalue weighted by Crippen LogP contribution is 2.10. The summed E-state index contributed by atoms with van der Waals surface area (Å²) in [5, 5.41) is 6.08. The van der Waals surface area contributed by atoms with Gasteiger partial charge in [-0.1, -0.05) is 13.0 Å². The molecule has 0 aliphatic rings. The molecule has 0 aliphatic carbocycles. The third-order valence-electron chi connectivity index (χ3n) is 3.47. The fourth-order valence-electron chi connectivity index (χ4n) is 2.17. The van der Waals surface area contributed by atoms with Crippen LogP contribution in [0.2, 0.25) is 0 Å². The Morgan fingerprint density at radius 1 is 1.15 bits per heavy atom. The van der Waals surface area contributed by atoms with Gasteiger partial charge in [0.1, 0.15) is 11.6 Å². The first-order valence-electron chi connectivity index (χ1n) is 8.66. The van der Waals surface area contributed by atoms with Crippen molar-refractivity contribution in [3.63, 3.8) is 0 Å². The van der Waals surface area contributed by atoms with Crippen molar-refractivity contribution in [3.05, 3.63) is 59.3 Å². The van der Waals surface area contributed by atoms with Gasteiger partial charge in [-0.2, -0.15) is 0 Å². The molecule has 2 aromatic rings. The van der Waals surface area contributed by atoms with E-state index < -0.39 is 11.6 Å². The molecule has 0 aliphatic heterocycles. The Bertz CT molecular complexity index is 720. The Hall–Kier alpha value is -2.70. The van der Waals surface area contributed by atoms with Gasteiger partial charge in [-0.3, -0.25) is 0 Å². The van der Waals surface area contributed by atoms with Crippen molar-refractivity contribution in [1.29, 1.82) is 0 Å². The van der Waals surface area contributed by atoms with Gasteiger partial charge in [0.15, 0.2) is 5.96 Å². The second-order valence-corrected chi connectivity index (χ2v) is 5.64. The van der Waals surface area contributed by atoms with E-state index in [0.29, 0.717) is 31.5 Å². The molecule has 0 amide bonds. The van der Waals surface area contributed by atoms with Gasteiger partial charge in [-0.05, 0) is 37.1 Å². The Morgan fingerprint density at radius 2 is 2.00 bits per heavy atom. The summed E-state index contributed by atoms with van der Waals surface area (Å²) >= 11 is 0. The molecule has 2 rings (SSSR count). The van der Waals surface area contributed by atoms with Gasteiger partial charge in [0.2, 0.25) is 5.88 Å². The molecule has 0 spiro atoms. The highest BCUT2D eigenvalue weighted by atomic mass is 19.1. The Morgan fingerprint density at radius 3 is 2.69 bits per heavy atom. The number of rotatable bonds is 8. The van der Waals surface area contributed by atoms with Crippen LogP contribution in [-0.2, 0) is 13.1 Å². The van der Waals surface area contributed by atoms with Gasteiger partial charge in [0.05, 0.1) is 13.2 Å². The zero-order valence-corrected chi connectivity index (χ0v) is 15.1. The van der Waals surface area contributed by atoms with Gasteiger partial charge < -0.3 is 15.4 Å². The Balaban J connectivity index is 1.96. The molecule has 7 heteroatoms. The molecule has 0 bridgehead atoms. The Kier molecular flexibility index (Phi) is 7.79. The molecule has 0 radical (unpaired) electrons. The lowest BCUT2D eigenvalue weighted by Gasteiger charge is -2.12. The smallest absolute Gasteiger partial charge is 0.213 e. The number of ether oxygens (including phenoxy) is 1. The van der Waals surface area contributed by atoms with Crippen LogP contribution >= 0.6 is 0 Å². The molecule has 1 heterocycles. The first-order valence-corrected chi connectivity index (χ1v) is 8.66. The van der Waals surface area contributed by atoms with Crippen LogP contribution in [0.1, 0.15) is 31.4 Å². The predicted octanol–water partition coefficient (Wildman–Crippen LogP) is 3.40. The van der Waals surface area contributed by atoms with E-state index in [0.717, 1.165) is 24.1 Å². The van der Waals surface area contributed by atoms with Gasteiger partial charge in [-0.15, -0.1) is 0 Å². The molecule has 1 aromatic heterocycles. The van der Waals surface area contributed by atoms with E-state index in [-0.39, 0.29) is 12.1 Å². The number of nitrogens with one attached hydrogen (secondary N) is 2. The third kappa shape index (κ3) is 6.31. The maximum absolute atomic E-state index is 13.7. The van der Waals surface area contributed by atoms with Crippen LogP contribution in [0.4, 0.5) is 8.78 Å². The molecule has 5 nitrogen and oxygen atoms in total. The summed E-state index contributed by atoms with van der Waals surface area (Å²) in [5.41, 5.74) is 1.16. The van der Waals surface area contributed by atoms with Crippen molar-refractivity contribution in [2.75, 3.05) is 13.2 Å². The fourth-order valence-corrected chi connectivity index (χ4v) is 2.17. The number of pyridine rings is 1. The van der Waals surface area contributed by atoms with Crippen molar-refractivity contribution in [1.82, 2.24) is 15.6 Å². The molecule has 0 saturated heterocycles. The number of aromatic nitrogens is 1. The summed E-state index contributed by atoms with van der Waals surface area (Å²) in [7, 11) is 0. The number of hydrogen-bond donors (Lipinski definition) is 2. The maximum atomic E-state index is 13.7. The van der Waals surface area contributed by atoms with E-state index in [9.17, 15) is 8.78 Å². The van der Waals surface area contributed by atoms with E-state index >= 15 is 0 Å².